The molecule has 1 aliphatic heterocycles. The molecule has 0 aliphatic carbocycles. The summed E-state index contributed by atoms with van der Waals surface area (Å²) in [5, 5.41) is 67.8. The predicted octanol–water partition coefficient (Wildman–Crippen LogP) is 1.10. The highest BCUT2D eigenvalue weighted by atomic mass is 19.3. The van der Waals surface area contributed by atoms with Crippen molar-refractivity contribution in [2.75, 3.05) is 32.9 Å². The average Bonchev–Trinajstić information content (AvgIpc) is 3.63. The van der Waals surface area contributed by atoms with E-state index in [1.807, 2.05) is 0 Å². The highest BCUT2D eigenvalue weighted by molar-refractivity contribution is 5.79. The highest BCUT2D eigenvalue weighted by Gasteiger charge is 2.55. The van der Waals surface area contributed by atoms with Crippen LogP contribution in [0, 0.1) is 0 Å². The molecule has 0 radical (unpaired) electrons. The minimum atomic E-state index is -2.68. The normalized spacial score (nSPS) is 20.5. The number of hydrogen-bond donors (Lipinski definition) is 8. The Hall–Kier alpha value is -4.38. The number of hydrogen-bond acceptors (Lipinski definition) is 14. The first-order chi connectivity index (χ1) is 27.9. The molecule has 0 spiro atoms. The Balaban J connectivity index is 1.41. The van der Waals surface area contributed by atoms with Crippen LogP contribution in [0.25, 0.3) is 0 Å². The number of aliphatic hydroxyl groups excluding tert-OH is 4. The van der Waals surface area contributed by atoms with Gasteiger partial charge >= 0.3 is 12.1 Å². The van der Waals surface area contributed by atoms with E-state index in [2.05, 4.69) is 26.3 Å². The number of rotatable bonds is 25. The molecule has 21 heteroatoms. The van der Waals surface area contributed by atoms with Gasteiger partial charge in [-0.1, -0.05) is 55.2 Å². The van der Waals surface area contributed by atoms with Crippen LogP contribution in [0.4, 0.5) is 13.6 Å². The molecule has 6 atom stereocenters. The maximum Gasteiger partial charge on any atom is 0.407 e. The topological polar surface area (TPSA) is 273 Å². The number of carboxylic acid groups (broad SMARTS) is 1. The van der Waals surface area contributed by atoms with E-state index in [4.69, 9.17) is 18.9 Å². The number of aryl methyl sites for hydroxylation is 1. The fraction of sp³-hybridized carbons (Fsp3) is 0.684. The van der Waals surface area contributed by atoms with Crippen LogP contribution in [-0.4, -0.2) is 139 Å². The molecule has 0 saturated carbocycles. The van der Waals surface area contributed by atoms with Gasteiger partial charge in [-0.3, -0.25) is 14.3 Å². The molecular formula is C38H58F2N6O13. The summed E-state index contributed by atoms with van der Waals surface area (Å²) < 4.78 is 49.5. The molecule has 3 amide bonds. The van der Waals surface area contributed by atoms with Crippen molar-refractivity contribution in [1.29, 1.82) is 0 Å². The van der Waals surface area contributed by atoms with Gasteiger partial charge in [0.15, 0.2) is 0 Å². The molecule has 0 unspecified atom stereocenters. The van der Waals surface area contributed by atoms with Crippen LogP contribution >= 0.6 is 0 Å². The van der Waals surface area contributed by atoms with Crippen LogP contribution in [0.15, 0.2) is 30.5 Å². The van der Waals surface area contributed by atoms with Gasteiger partial charge in [-0.25, -0.2) is 18.4 Å². The van der Waals surface area contributed by atoms with Crippen LogP contribution in [0.2, 0.25) is 0 Å². The second-order valence-corrected chi connectivity index (χ2v) is 15.2. The third-order valence-corrected chi connectivity index (χ3v) is 9.07. The molecule has 1 fully saturated rings. The zero-order chi connectivity index (χ0) is 43.6. The molecule has 1 aliphatic rings. The molecule has 1 aromatic heterocycles. The van der Waals surface area contributed by atoms with Gasteiger partial charge in [-0.05, 0) is 39.2 Å². The van der Waals surface area contributed by atoms with Crippen LogP contribution in [-0.2, 0) is 52.9 Å². The Bertz CT molecular complexity index is 1610. The number of aromatic nitrogens is 3. The van der Waals surface area contributed by atoms with Crippen molar-refractivity contribution < 1.29 is 72.4 Å². The van der Waals surface area contributed by atoms with E-state index in [1.165, 1.54) is 24.3 Å². The van der Waals surface area contributed by atoms with Crippen LogP contribution in [0.5, 0.6) is 0 Å². The summed E-state index contributed by atoms with van der Waals surface area (Å²) in [5.74, 6) is -5.70. The van der Waals surface area contributed by atoms with Gasteiger partial charge in [0.25, 0.3) is 12.2 Å². The van der Waals surface area contributed by atoms with E-state index in [0.29, 0.717) is 30.6 Å². The number of carbonyl (C=O) groups excluding carboxylic acids is 3. The average molecular weight is 845 g/mol. The number of carbonyl (C=O) groups is 4. The summed E-state index contributed by atoms with van der Waals surface area (Å²) in [6, 6.07) is 3.55. The number of halogens is 2. The third kappa shape index (κ3) is 17.0. The minimum absolute atomic E-state index is 0.104. The van der Waals surface area contributed by atoms with Gasteiger partial charge in [0.05, 0.1) is 50.7 Å². The van der Waals surface area contributed by atoms with Gasteiger partial charge in [0, 0.05) is 31.6 Å². The first kappa shape index (κ1) is 49.0. The molecule has 0 bridgehead atoms. The summed E-state index contributed by atoms with van der Waals surface area (Å²) in [4.78, 5) is 48.8. The number of nitrogens with zero attached hydrogens (tertiary/aromatic N) is 3. The number of alkyl halides is 2. The molecular weight excluding hydrogens is 786 g/mol. The van der Waals surface area contributed by atoms with Crippen molar-refractivity contribution in [2.24, 2.45) is 0 Å². The van der Waals surface area contributed by atoms with Gasteiger partial charge < -0.3 is 60.4 Å². The molecule has 1 aromatic carbocycles. The van der Waals surface area contributed by atoms with E-state index in [1.54, 1.807) is 31.6 Å². The van der Waals surface area contributed by atoms with E-state index in [0.717, 1.165) is 25.7 Å². The lowest BCUT2D eigenvalue weighted by molar-refractivity contribution is -0.310. The summed E-state index contributed by atoms with van der Waals surface area (Å²) in [6.07, 6.45) is -5.07. The first-order valence-corrected chi connectivity index (χ1v) is 19.5. The SMILES string of the molecule is CC(C)(C)OC(=O)NCCOCc1cn(CCCCCCCCO[C@]2(C(=O)O)C[C@H](O)[C@@H](NC(=O)CO)[C@H]([C@H](O)[C@H](O)CNC(=O)Cc3ccc(C(F)F)cc3)O2)nn1. The maximum absolute atomic E-state index is 12.8. The van der Waals surface area contributed by atoms with E-state index >= 15 is 0 Å². The quantitative estimate of drug-likeness (QED) is 0.0651. The van der Waals surface area contributed by atoms with Gasteiger partial charge in [-0.2, -0.15) is 0 Å². The third-order valence-electron chi connectivity index (χ3n) is 9.07. The number of carboxylic acids is 1. The summed E-state index contributed by atoms with van der Waals surface area (Å²) >= 11 is 0. The Morgan fingerprint density at radius 1 is 1.00 bits per heavy atom. The summed E-state index contributed by atoms with van der Waals surface area (Å²) in [7, 11) is 0. The van der Waals surface area contributed by atoms with Crippen LogP contribution in [0.1, 0.15) is 89.0 Å². The van der Waals surface area contributed by atoms with Crippen molar-refractivity contribution >= 4 is 23.9 Å². The Kier molecular flexibility index (Phi) is 19.9. The second-order valence-electron chi connectivity index (χ2n) is 15.2. The molecule has 19 nitrogen and oxygen atoms in total. The smallest absolute Gasteiger partial charge is 0.407 e. The molecule has 2 heterocycles. The highest BCUT2D eigenvalue weighted by Crippen LogP contribution is 2.34. The fourth-order valence-electron chi connectivity index (χ4n) is 6.08. The molecule has 8 N–H and O–H groups in total. The Morgan fingerprint density at radius 3 is 2.32 bits per heavy atom. The number of aliphatic carboxylic acids is 1. The number of amides is 3. The Labute approximate surface area is 340 Å². The van der Waals surface area contributed by atoms with Crippen molar-refractivity contribution in [2.45, 2.75) is 134 Å². The monoisotopic (exact) mass is 844 g/mol. The minimum Gasteiger partial charge on any atom is -0.477 e. The van der Waals surface area contributed by atoms with Gasteiger partial charge in [-0.15, -0.1) is 5.10 Å². The summed E-state index contributed by atoms with van der Waals surface area (Å²) in [6.45, 7) is 5.11. The molecule has 3 rings (SSSR count). The standard InChI is InChI=1S/C38H58F2N6O13/c1-37(2,3)59-36(55)41-14-17-56-23-26-21-46(45-44-26)15-8-6-4-5-7-9-16-57-38(35(53)54)19-27(48)31(43-30(51)22-47)33(58-38)32(52)28(49)20-42-29(50)18-24-10-12-25(13-11-24)34(39)40/h10-13,21,27-28,31-34,47-49,52H,4-9,14-20,22-23H2,1-3H3,(H,41,55)(H,42,50)(H,43,51)(H,53,54)/t27-,28+,31+,32+,33+,38+/m0/s1. The number of benzene rings is 1. The van der Waals surface area contributed by atoms with Crippen molar-refractivity contribution in [3.05, 3.63) is 47.3 Å². The predicted molar refractivity (Wildman–Crippen MR) is 203 cm³/mol. The molecule has 332 valence electrons. The van der Waals surface area contributed by atoms with E-state index < -0.39 is 91.7 Å². The number of alkyl carbamates (subject to hydrolysis) is 1. The molecule has 2 aromatic rings. The largest absolute Gasteiger partial charge is 0.477 e. The van der Waals surface area contributed by atoms with Crippen molar-refractivity contribution in [3.8, 4) is 0 Å². The number of aliphatic hydroxyl groups is 4. The summed E-state index contributed by atoms with van der Waals surface area (Å²) in [5.41, 5.74) is 0.253. The fourth-order valence-corrected chi connectivity index (χ4v) is 6.08. The van der Waals surface area contributed by atoms with Gasteiger partial charge in [0.2, 0.25) is 11.8 Å². The lowest BCUT2D eigenvalue weighted by Crippen LogP contribution is -2.68. The van der Waals surface area contributed by atoms with Crippen molar-refractivity contribution in [1.82, 2.24) is 30.9 Å². The number of nitrogens with one attached hydrogen (secondary N) is 3. The number of ether oxygens (including phenoxy) is 4. The lowest BCUT2D eigenvalue weighted by atomic mass is 9.88. The first-order valence-electron chi connectivity index (χ1n) is 19.5. The lowest BCUT2D eigenvalue weighted by Gasteiger charge is -2.46. The van der Waals surface area contributed by atoms with Crippen LogP contribution in [0.3, 0.4) is 0 Å². The molecule has 1 saturated heterocycles. The van der Waals surface area contributed by atoms with Crippen molar-refractivity contribution in [3.63, 3.8) is 0 Å². The van der Waals surface area contributed by atoms with E-state index in [9.17, 15) is 53.5 Å². The Morgan fingerprint density at radius 2 is 1.68 bits per heavy atom. The number of unbranched alkanes of at least 4 members (excludes halogenated alkanes) is 5. The van der Waals surface area contributed by atoms with E-state index in [-0.39, 0.29) is 38.3 Å². The van der Waals surface area contributed by atoms with Crippen LogP contribution < -0.4 is 16.0 Å². The zero-order valence-corrected chi connectivity index (χ0v) is 33.6. The van der Waals surface area contributed by atoms with Gasteiger partial charge in [0.1, 0.15) is 30.1 Å². The zero-order valence-electron chi connectivity index (χ0n) is 33.6. The second kappa shape index (κ2) is 24.0. The maximum atomic E-state index is 12.8. The molecule has 59 heavy (non-hydrogen) atoms.